The molecule has 0 saturated heterocycles. The summed E-state index contributed by atoms with van der Waals surface area (Å²) < 4.78 is 5.60. The van der Waals surface area contributed by atoms with E-state index in [4.69, 9.17) is 4.74 Å². The summed E-state index contributed by atoms with van der Waals surface area (Å²) in [6, 6.07) is 6.69. The van der Waals surface area contributed by atoms with E-state index in [-0.39, 0.29) is 0 Å². The van der Waals surface area contributed by atoms with Crippen molar-refractivity contribution < 1.29 is 4.74 Å². The van der Waals surface area contributed by atoms with Crippen molar-refractivity contribution in [1.82, 2.24) is 0 Å². The van der Waals surface area contributed by atoms with Crippen LogP contribution in [0.15, 0.2) is 18.2 Å². The SMILES string of the molecule is CC(C)CCc1ccc2c(c1)CCCO2. The molecular weight excluding hydrogens is 184 g/mol. The Morgan fingerprint density at radius 2 is 2.20 bits per heavy atom. The summed E-state index contributed by atoms with van der Waals surface area (Å²) in [4.78, 5) is 0. The minimum Gasteiger partial charge on any atom is -0.493 e. The molecule has 0 atom stereocenters. The van der Waals surface area contributed by atoms with Gasteiger partial charge in [0.15, 0.2) is 0 Å². The molecule has 1 heterocycles. The number of aryl methyl sites for hydroxylation is 2. The summed E-state index contributed by atoms with van der Waals surface area (Å²) in [7, 11) is 0. The summed E-state index contributed by atoms with van der Waals surface area (Å²) in [5, 5.41) is 0. The van der Waals surface area contributed by atoms with Gasteiger partial charge < -0.3 is 4.74 Å². The third-order valence-electron chi connectivity index (χ3n) is 2.98. The van der Waals surface area contributed by atoms with Crippen LogP contribution in [0.5, 0.6) is 5.75 Å². The molecule has 0 aromatic heterocycles. The third-order valence-corrected chi connectivity index (χ3v) is 2.98. The van der Waals surface area contributed by atoms with Gasteiger partial charge in [-0.05, 0) is 48.8 Å². The lowest BCUT2D eigenvalue weighted by atomic mass is 9.98. The maximum atomic E-state index is 5.60. The van der Waals surface area contributed by atoms with Gasteiger partial charge in [0.1, 0.15) is 5.75 Å². The molecule has 0 unspecified atom stereocenters. The van der Waals surface area contributed by atoms with Gasteiger partial charge in [0.25, 0.3) is 0 Å². The van der Waals surface area contributed by atoms with Crippen LogP contribution in [0.3, 0.4) is 0 Å². The van der Waals surface area contributed by atoms with Crippen LogP contribution in [0.2, 0.25) is 0 Å². The van der Waals surface area contributed by atoms with Crippen LogP contribution in [0.1, 0.15) is 37.8 Å². The minimum atomic E-state index is 0.789. The largest absolute Gasteiger partial charge is 0.493 e. The Bertz CT molecular complexity index is 328. The smallest absolute Gasteiger partial charge is 0.122 e. The monoisotopic (exact) mass is 204 g/mol. The van der Waals surface area contributed by atoms with Crippen LogP contribution < -0.4 is 4.74 Å². The second-order valence-corrected chi connectivity index (χ2v) is 4.83. The normalized spacial score (nSPS) is 14.9. The molecule has 1 aromatic carbocycles. The number of hydrogen-bond donors (Lipinski definition) is 0. The van der Waals surface area contributed by atoms with Gasteiger partial charge in [-0.25, -0.2) is 0 Å². The molecule has 1 aliphatic heterocycles. The van der Waals surface area contributed by atoms with Crippen molar-refractivity contribution in [3.8, 4) is 5.75 Å². The second-order valence-electron chi connectivity index (χ2n) is 4.83. The van der Waals surface area contributed by atoms with E-state index >= 15 is 0 Å². The second kappa shape index (κ2) is 4.69. The zero-order chi connectivity index (χ0) is 10.7. The lowest BCUT2D eigenvalue weighted by Gasteiger charge is -2.18. The Labute approximate surface area is 92.5 Å². The average molecular weight is 204 g/mol. The summed E-state index contributed by atoms with van der Waals surface area (Å²) in [5.41, 5.74) is 2.87. The number of ether oxygens (including phenoxy) is 1. The number of benzene rings is 1. The Balaban J connectivity index is 2.07. The molecule has 15 heavy (non-hydrogen) atoms. The number of fused-ring (bicyclic) bond motifs is 1. The Morgan fingerprint density at radius 3 is 3.00 bits per heavy atom. The summed E-state index contributed by atoms with van der Waals surface area (Å²) in [6.45, 7) is 5.45. The fraction of sp³-hybridized carbons (Fsp3) is 0.571. The fourth-order valence-electron chi connectivity index (χ4n) is 2.02. The standard InChI is InChI=1S/C14H20O/c1-11(2)5-6-12-7-8-14-13(10-12)4-3-9-15-14/h7-8,10-11H,3-6,9H2,1-2H3. The molecule has 0 amide bonds. The van der Waals surface area contributed by atoms with E-state index in [2.05, 4.69) is 32.0 Å². The van der Waals surface area contributed by atoms with Gasteiger partial charge in [-0.2, -0.15) is 0 Å². The van der Waals surface area contributed by atoms with Gasteiger partial charge in [-0.3, -0.25) is 0 Å². The minimum absolute atomic E-state index is 0.789. The fourth-order valence-corrected chi connectivity index (χ4v) is 2.02. The van der Waals surface area contributed by atoms with Gasteiger partial charge in [0.05, 0.1) is 6.61 Å². The molecule has 0 aliphatic carbocycles. The molecule has 1 nitrogen and oxygen atoms in total. The molecule has 1 aliphatic rings. The summed E-state index contributed by atoms with van der Waals surface area (Å²) in [5.74, 6) is 1.90. The molecule has 0 bridgehead atoms. The average Bonchev–Trinajstić information content (AvgIpc) is 2.26. The zero-order valence-electron chi connectivity index (χ0n) is 9.75. The van der Waals surface area contributed by atoms with E-state index < -0.39 is 0 Å². The van der Waals surface area contributed by atoms with Crippen molar-refractivity contribution in [3.05, 3.63) is 29.3 Å². The molecule has 0 N–H and O–H groups in total. The highest BCUT2D eigenvalue weighted by Crippen LogP contribution is 2.26. The summed E-state index contributed by atoms with van der Waals surface area (Å²) >= 11 is 0. The molecule has 1 heteroatoms. The first-order chi connectivity index (χ1) is 7.25. The van der Waals surface area contributed by atoms with E-state index in [1.165, 1.54) is 36.8 Å². The van der Waals surface area contributed by atoms with E-state index in [0.717, 1.165) is 18.3 Å². The summed E-state index contributed by atoms with van der Waals surface area (Å²) in [6.07, 6.45) is 4.83. The van der Waals surface area contributed by atoms with Crippen LogP contribution in [0, 0.1) is 5.92 Å². The van der Waals surface area contributed by atoms with Crippen molar-refractivity contribution >= 4 is 0 Å². The molecule has 0 saturated carbocycles. The lowest BCUT2D eigenvalue weighted by molar-refractivity contribution is 0.288. The molecule has 2 rings (SSSR count). The topological polar surface area (TPSA) is 9.23 Å². The maximum Gasteiger partial charge on any atom is 0.122 e. The third kappa shape index (κ3) is 2.74. The quantitative estimate of drug-likeness (QED) is 0.731. The van der Waals surface area contributed by atoms with Crippen molar-refractivity contribution in [2.24, 2.45) is 5.92 Å². The zero-order valence-corrected chi connectivity index (χ0v) is 9.75. The Morgan fingerprint density at radius 1 is 1.33 bits per heavy atom. The molecule has 0 radical (unpaired) electrons. The highest BCUT2D eigenvalue weighted by Gasteiger charge is 2.10. The van der Waals surface area contributed by atoms with Gasteiger partial charge >= 0.3 is 0 Å². The molecule has 0 spiro atoms. The van der Waals surface area contributed by atoms with E-state index in [0.29, 0.717) is 0 Å². The van der Waals surface area contributed by atoms with Crippen molar-refractivity contribution in [2.45, 2.75) is 39.5 Å². The highest BCUT2D eigenvalue weighted by molar-refractivity contribution is 5.38. The van der Waals surface area contributed by atoms with Crippen LogP contribution in [-0.4, -0.2) is 6.61 Å². The lowest BCUT2D eigenvalue weighted by Crippen LogP contribution is -2.08. The van der Waals surface area contributed by atoms with Crippen molar-refractivity contribution in [2.75, 3.05) is 6.61 Å². The molecular formula is C14H20O. The van der Waals surface area contributed by atoms with Gasteiger partial charge in [0.2, 0.25) is 0 Å². The van der Waals surface area contributed by atoms with Gasteiger partial charge in [-0.1, -0.05) is 26.0 Å². The molecule has 1 aromatic rings. The van der Waals surface area contributed by atoms with Gasteiger partial charge in [0, 0.05) is 0 Å². The number of rotatable bonds is 3. The first kappa shape index (κ1) is 10.5. The first-order valence-corrected chi connectivity index (χ1v) is 6.00. The molecule has 82 valence electrons. The number of hydrogen-bond acceptors (Lipinski definition) is 1. The van der Waals surface area contributed by atoms with Crippen LogP contribution in [-0.2, 0) is 12.8 Å². The predicted octanol–water partition coefficient (Wildman–Crippen LogP) is 3.60. The first-order valence-electron chi connectivity index (χ1n) is 6.00. The van der Waals surface area contributed by atoms with Crippen molar-refractivity contribution in [1.29, 1.82) is 0 Å². The Hall–Kier alpha value is -0.980. The Kier molecular flexibility index (Phi) is 3.30. The maximum absolute atomic E-state index is 5.60. The predicted molar refractivity (Wildman–Crippen MR) is 63.4 cm³/mol. The van der Waals surface area contributed by atoms with E-state index in [1.54, 1.807) is 0 Å². The van der Waals surface area contributed by atoms with Crippen molar-refractivity contribution in [3.63, 3.8) is 0 Å². The van der Waals surface area contributed by atoms with Crippen LogP contribution >= 0.6 is 0 Å². The highest BCUT2D eigenvalue weighted by atomic mass is 16.5. The van der Waals surface area contributed by atoms with Crippen LogP contribution in [0.25, 0.3) is 0 Å². The van der Waals surface area contributed by atoms with Gasteiger partial charge in [-0.15, -0.1) is 0 Å². The van der Waals surface area contributed by atoms with E-state index in [9.17, 15) is 0 Å². The van der Waals surface area contributed by atoms with Crippen LogP contribution in [0.4, 0.5) is 0 Å². The molecule has 0 fully saturated rings. The van der Waals surface area contributed by atoms with E-state index in [1.807, 2.05) is 0 Å².